The first-order chi connectivity index (χ1) is 9.84. The number of hydrogen-bond donors (Lipinski definition) is 1. The van der Waals surface area contributed by atoms with Gasteiger partial charge in [0.2, 0.25) is 0 Å². The van der Waals surface area contributed by atoms with E-state index in [-0.39, 0.29) is 17.5 Å². The minimum Gasteiger partial charge on any atom is -0.334 e. The Kier molecular flexibility index (Phi) is 4.56. The molecule has 0 saturated carbocycles. The fourth-order valence-corrected chi connectivity index (χ4v) is 2.83. The van der Waals surface area contributed by atoms with Crippen molar-refractivity contribution in [1.29, 1.82) is 0 Å². The Balaban J connectivity index is 2.19. The molecule has 0 radical (unpaired) electrons. The maximum Gasteiger partial charge on any atom is 0.416 e. The minimum atomic E-state index is -4.39. The molecule has 116 valence electrons. The molecule has 1 aliphatic rings. The Morgan fingerprint density at radius 2 is 1.95 bits per heavy atom. The number of alkyl halides is 3. The highest BCUT2D eigenvalue weighted by atomic mass is 19.4. The second-order valence-electron chi connectivity index (χ2n) is 5.50. The van der Waals surface area contributed by atoms with Crippen LogP contribution in [0.5, 0.6) is 0 Å². The van der Waals surface area contributed by atoms with E-state index < -0.39 is 11.7 Å². The molecule has 21 heavy (non-hydrogen) atoms. The van der Waals surface area contributed by atoms with Crippen molar-refractivity contribution in [3.8, 4) is 0 Å². The lowest BCUT2D eigenvalue weighted by Gasteiger charge is -2.39. The van der Waals surface area contributed by atoms with Crippen LogP contribution in [0, 0.1) is 5.92 Å². The molecule has 1 amide bonds. The maximum atomic E-state index is 12.5. The fraction of sp³-hybridized carbons (Fsp3) is 0.533. The topological polar surface area (TPSA) is 46.3 Å². The van der Waals surface area contributed by atoms with Crippen molar-refractivity contribution in [1.82, 2.24) is 4.90 Å². The molecular formula is C15H19F3N2O. The molecule has 0 aromatic heterocycles. The van der Waals surface area contributed by atoms with Gasteiger partial charge in [0.15, 0.2) is 0 Å². The van der Waals surface area contributed by atoms with E-state index in [2.05, 4.69) is 0 Å². The average Bonchev–Trinajstić information content (AvgIpc) is 2.45. The number of carbonyl (C=O) groups excluding carboxylic acids is 1. The number of rotatable bonds is 2. The van der Waals surface area contributed by atoms with Gasteiger partial charge in [-0.1, -0.05) is 6.92 Å². The molecule has 0 bridgehead atoms. The second kappa shape index (κ2) is 6.05. The summed E-state index contributed by atoms with van der Waals surface area (Å²) >= 11 is 0. The predicted molar refractivity (Wildman–Crippen MR) is 73.7 cm³/mol. The quantitative estimate of drug-likeness (QED) is 0.913. The summed E-state index contributed by atoms with van der Waals surface area (Å²) in [5.74, 6) is 0.0628. The predicted octanol–water partition coefficient (Wildman–Crippen LogP) is 2.90. The molecule has 6 heteroatoms. The van der Waals surface area contributed by atoms with Gasteiger partial charge in [-0.2, -0.15) is 13.2 Å². The van der Waals surface area contributed by atoms with E-state index in [1.807, 2.05) is 6.92 Å². The standard InChI is InChI=1S/C15H19F3N2O/c1-10-3-2-8-20(13(10)9-19)14(21)11-4-6-12(7-5-11)15(16,17)18/h4-7,10,13H,2-3,8-9,19H2,1H3/t10-,13-/m0/s1. The van der Waals surface area contributed by atoms with Gasteiger partial charge in [0.25, 0.3) is 5.91 Å². The number of hydrogen-bond acceptors (Lipinski definition) is 2. The highest BCUT2D eigenvalue weighted by Crippen LogP contribution is 2.30. The molecule has 1 fully saturated rings. The highest BCUT2D eigenvalue weighted by Gasteiger charge is 2.33. The summed E-state index contributed by atoms with van der Waals surface area (Å²) in [6.07, 6.45) is -2.48. The summed E-state index contributed by atoms with van der Waals surface area (Å²) in [4.78, 5) is 14.2. The van der Waals surface area contributed by atoms with Gasteiger partial charge < -0.3 is 10.6 Å². The number of likely N-dealkylation sites (tertiary alicyclic amines) is 1. The lowest BCUT2D eigenvalue weighted by molar-refractivity contribution is -0.137. The zero-order valence-corrected chi connectivity index (χ0v) is 11.9. The van der Waals surface area contributed by atoms with Crippen molar-refractivity contribution in [3.05, 3.63) is 35.4 Å². The molecule has 0 unspecified atom stereocenters. The monoisotopic (exact) mass is 300 g/mol. The van der Waals surface area contributed by atoms with E-state index in [0.717, 1.165) is 25.0 Å². The third-order valence-electron chi connectivity index (χ3n) is 4.08. The summed E-state index contributed by atoms with van der Waals surface area (Å²) in [5, 5.41) is 0. The number of nitrogens with zero attached hydrogens (tertiary/aromatic N) is 1. The molecule has 1 heterocycles. The summed E-state index contributed by atoms with van der Waals surface area (Å²) in [5.41, 5.74) is 5.26. The van der Waals surface area contributed by atoms with Crippen molar-refractivity contribution in [2.45, 2.75) is 32.0 Å². The second-order valence-corrected chi connectivity index (χ2v) is 5.50. The molecular weight excluding hydrogens is 281 g/mol. The Morgan fingerprint density at radius 3 is 2.48 bits per heavy atom. The third kappa shape index (κ3) is 3.37. The number of nitrogens with two attached hydrogens (primary N) is 1. The van der Waals surface area contributed by atoms with Crippen LogP contribution in [-0.2, 0) is 6.18 Å². The van der Waals surface area contributed by atoms with Crippen LogP contribution in [0.2, 0.25) is 0 Å². The first-order valence-corrected chi connectivity index (χ1v) is 7.03. The van der Waals surface area contributed by atoms with Crippen LogP contribution in [0.3, 0.4) is 0 Å². The van der Waals surface area contributed by atoms with Crippen LogP contribution >= 0.6 is 0 Å². The first kappa shape index (κ1) is 15.8. The third-order valence-corrected chi connectivity index (χ3v) is 4.08. The smallest absolute Gasteiger partial charge is 0.334 e. The Bertz CT molecular complexity index is 499. The van der Waals surface area contributed by atoms with Crippen molar-refractivity contribution < 1.29 is 18.0 Å². The van der Waals surface area contributed by atoms with E-state index in [1.165, 1.54) is 12.1 Å². The Hall–Kier alpha value is -1.56. The minimum absolute atomic E-state index is 0.0476. The van der Waals surface area contributed by atoms with E-state index in [4.69, 9.17) is 5.73 Å². The van der Waals surface area contributed by atoms with E-state index in [1.54, 1.807) is 4.90 Å². The van der Waals surface area contributed by atoms with Crippen molar-refractivity contribution >= 4 is 5.91 Å². The SMILES string of the molecule is C[C@H]1CCCN(C(=O)c2ccc(C(F)(F)F)cc2)[C@H]1CN. The number of amides is 1. The molecule has 0 spiro atoms. The van der Waals surface area contributed by atoms with Crippen molar-refractivity contribution in [3.63, 3.8) is 0 Å². The van der Waals surface area contributed by atoms with E-state index >= 15 is 0 Å². The number of piperidine rings is 1. The van der Waals surface area contributed by atoms with Gasteiger partial charge in [-0.3, -0.25) is 4.79 Å². The van der Waals surface area contributed by atoms with Gasteiger partial charge in [0.1, 0.15) is 0 Å². The Morgan fingerprint density at radius 1 is 1.33 bits per heavy atom. The summed E-state index contributed by atoms with van der Waals surface area (Å²) in [6.45, 7) is 3.02. The summed E-state index contributed by atoms with van der Waals surface area (Å²) < 4.78 is 37.6. The normalized spacial score (nSPS) is 23.2. The van der Waals surface area contributed by atoms with Crippen LogP contribution in [-0.4, -0.2) is 29.9 Å². The van der Waals surface area contributed by atoms with E-state index in [9.17, 15) is 18.0 Å². The number of carbonyl (C=O) groups is 1. The molecule has 3 nitrogen and oxygen atoms in total. The fourth-order valence-electron chi connectivity index (χ4n) is 2.83. The highest BCUT2D eigenvalue weighted by molar-refractivity contribution is 5.94. The molecule has 2 atom stereocenters. The van der Waals surface area contributed by atoms with Gasteiger partial charge in [-0.15, -0.1) is 0 Å². The zero-order chi connectivity index (χ0) is 15.6. The van der Waals surface area contributed by atoms with Crippen LogP contribution in [0.15, 0.2) is 24.3 Å². The maximum absolute atomic E-state index is 12.5. The molecule has 1 aromatic rings. The first-order valence-electron chi connectivity index (χ1n) is 7.03. The molecule has 1 aliphatic heterocycles. The molecule has 2 rings (SSSR count). The van der Waals surface area contributed by atoms with E-state index in [0.29, 0.717) is 19.0 Å². The van der Waals surface area contributed by atoms with Crippen LogP contribution in [0.25, 0.3) is 0 Å². The molecule has 2 N–H and O–H groups in total. The van der Waals surface area contributed by atoms with Crippen LogP contribution < -0.4 is 5.73 Å². The van der Waals surface area contributed by atoms with Gasteiger partial charge in [0.05, 0.1) is 5.56 Å². The van der Waals surface area contributed by atoms with Gasteiger partial charge in [-0.25, -0.2) is 0 Å². The van der Waals surface area contributed by atoms with Crippen LogP contribution in [0.4, 0.5) is 13.2 Å². The largest absolute Gasteiger partial charge is 0.416 e. The number of halogens is 3. The van der Waals surface area contributed by atoms with Gasteiger partial charge >= 0.3 is 6.18 Å². The zero-order valence-electron chi connectivity index (χ0n) is 11.9. The van der Waals surface area contributed by atoms with Crippen molar-refractivity contribution in [2.75, 3.05) is 13.1 Å². The lowest BCUT2D eigenvalue weighted by Crippen LogP contribution is -2.51. The number of benzene rings is 1. The molecule has 1 aromatic carbocycles. The van der Waals surface area contributed by atoms with Crippen molar-refractivity contribution in [2.24, 2.45) is 11.7 Å². The average molecular weight is 300 g/mol. The Labute approximate surface area is 121 Å². The van der Waals surface area contributed by atoms with Gasteiger partial charge in [0, 0.05) is 24.7 Å². The lowest BCUT2D eigenvalue weighted by atomic mass is 9.90. The summed E-state index contributed by atoms with van der Waals surface area (Å²) in [6, 6.07) is 4.31. The molecule has 0 aliphatic carbocycles. The van der Waals surface area contributed by atoms with Gasteiger partial charge in [-0.05, 0) is 43.0 Å². The molecule has 1 saturated heterocycles. The summed E-state index contributed by atoms with van der Waals surface area (Å²) in [7, 11) is 0. The van der Waals surface area contributed by atoms with Crippen LogP contribution in [0.1, 0.15) is 35.7 Å².